The lowest BCUT2D eigenvalue weighted by atomic mass is 9.70. The number of ether oxygens (including phenoxy) is 1. The van der Waals surface area contributed by atoms with Crippen LogP contribution in [0, 0.1) is 5.41 Å². The Bertz CT molecular complexity index is 478. The summed E-state index contributed by atoms with van der Waals surface area (Å²) in [5.74, 6) is 1.04. The van der Waals surface area contributed by atoms with Crippen LogP contribution >= 0.6 is 15.9 Å². The minimum absolute atomic E-state index is 0.426. The van der Waals surface area contributed by atoms with Crippen molar-refractivity contribution in [3.63, 3.8) is 0 Å². The lowest BCUT2D eigenvalue weighted by Gasteiger charge is -2.38. The largest absolute Gasteiger partial charge is 0.496 e. The van der Waals surface area contributed by atoms with E-state index in [1.54, 1.807) is 7.11 Å². The number of benzene rings is 1. The van der Waals surface area contributed by atoms with E-state index in [1.807, 2.05) is 0 Å². The molecular weight excluding hydrogens is 326 g/mol. The van der Waals surface area contributed by atoms with Gasteiger partial charge in [-0.1, -0.05) is 35.2 Å². The number of nitrogens with one attached hydrogen (secondary N) is 1. The quantitative estimate of drug-likeness (QED) is 0.801. The summed E-state index contributed by atoms with van der Waals surface area (Å²) in [6.07, 6.45) is 10.7. The van der Waals surface area contributed by atoms with Crippen LogP contribution in [0.25, 0.3) is 0 Å². The first-order valence-electron chi connectivity index (χ1n) is 8.27. The van der Waals surface area contributed by atoms with Crippen molar-refractivity contribution in [1.29, 1.82) is 0 Å². The van der Waals surface area contributed by atoms with Crippen molar-refractivity contribution in [3.05, 3.63) is 28.2 Å². The summed E-state index contributed by atoms with van der Waals surface area (Å²) in [6.45, 7) is 1.17. The fourth-order valence-corrected chi connectivity index (χ4v) is 4.06. The highest BCUT2D eigenvalue weighted by Gasteiger charge is 2.34. The highest BCUT2D eigenvalue weighted by molar-refractivity contribution is 9.10. The van der Waals surface area contributed by atoms with Crippen molar-refractivity contribution in [2.24, 2.45) is 5.41 Å². The van der Waals surface area contributed by atoms with Crippen molar-refractivity contribution in [1.82, 2.24) is 5.32 Å². The normalized spacial score (nSPS) is 21.2. The van der Waals surface area contributed by atoms with Crippen molar-refractivity contribution < 1.29 is 4.74 Å². The van der Waals surface area contributed by atoms with Gasteiger partial charge in [0.05, 0.1) is 7.11 Å². The van der Waals surface area contributed by atoms with Gasteiger partial charge in [-0.05, 0) is 61.3 Å². The Hall–Kier alpha value is -0.540. The molecule has 3 heteroatoms. The summed E-state index contributed by atoms with van der Waals surface area (Å²) < 4.78 is 6.74. The van der Waals surface area contributed by atoms with Crippen molar-refractivity contribution >= 4 is 15.9 Å². The van der Waals surface area contributed by atoms with Gasteiger partial charge < -0.3 is 10.1 Å². The van der Waals surface area contributed by atoms with E-state index >= 15 is 0 Å². The Kier molecular flexibility index (Phi) is 4.90. The lowest BCUT2D eigenvalue weighted by molar-refractivity contribution is 0.178. The monoisotopic (exact) mass is 351 g/mol. The zero-order valence-corrected chi connectivity index (χ0v) is 14.5. The van der Waals surface area contributed by atoms with Crippen LogP contribution in [0.3, 0.4) is 0 Å². The molecule has 0 saturated heterocycles. The molecule has 0 radical (unpaired) electrons. The maximum atomic E-state index is 5.58. The lowest BCUT2D eigenvalue weighted by Crippen LogP contribution is -2.39. The molecule has 0 unspecified atom stereocenters. The second-order valence-corrected chi connectivity index (χ2v) is 7.76. The summed E-state index contributed by atoms with van der Waals surface area (Å²) >= 11 is 3.61. The summed E-state index contributed by atoms with van der Waals surface area (Å²) in [4.78, 5) is 0. The minimum Gasteiger partial charge on any atom is -0.496 e. The summed E-state index contributed by atoms with van der Waals surface area (Å²) in [5.41, 5.74) is 1.78. The average molecular weight is 352 g/mol. The second kappa shape index (κ2) is 6.70. The van der Waals surface area contributed by atoms with Crippen molar-refractivity contribution in [2.75, 3.05) is 13.7 Å². The summed E-state index contributed by atoms with van der Waals surface area (Å²) in [6, 6.07) is 7.20. The van der Waals surface area contributed by atoms with Crippen LogP contribution in [-0.2, 0) is 6.42 Å². The number of hydrogen-bond acceptors (Lipinski definition) is 2. The molecule has 0 amide bonds. The van der Waals surface area contributed by atoms with Crippen LogP contribution in [-0.4, -0.2) is 19.7 Å². The fraction of sp³-hybridized carbons (Fsp3) is 0.667. The van der Waals surface area contributed by atoms with Gasteiger partial charge >= 0.3 is 0 Å². The molecule has 2 fully saturated rings. The molecule has 2 saturated carbocycles. The number of halogens is 1. The summed E-state index contributed by atoms with van der Waals surface area (Å²) in [5, 5.41) is 3.79. The van der Waals surface area contributed by atoms with Gasteiger partial charge in [0.15, 0.2) is 0 Å². The van der Waals surface area contributed by atoms with Gasteiger partial charge in [-0.15, -0.1) is 0 Å². The van der Waals surface area contributed by atoms with E-state index in [4.69, 9.17) is 4.74 Å². The van der Waals surface area contributed by atoms with Gasteiger partial charge in [-0.25, -0.2) is 0 Å². The first-order valence-corrected chi connectivity index (χ1v) is 9.06. The number of hydrogen-bond donors (Lipinski definition) is 1. The van der Waals surface area contributed by atoms with Crippen LogP contribution in [0.5, 0.6) is 5.75 Å². The zero-order valence-electron chi connectivity index (χ0n) is 13.0. The van der Waals surface area contributed by atoms with E-state index in [-0.39, 0.29) is 0 Å². The highest BCUT2D eigenvalue weighted by Crippen LogP contribution is 2.41. The molecule has 1 aromatic carbocycles. The molecule has 0 bridgehead atoms. The van der Waals surface area contributed by atoms with E-state index in [0.29, 0.717) is 5.41 Å². The summed E-state index contributed by atoms with van der Waals surface area (Å²) in [7, 11) is 1.78. The molecule has 0 atom stereocenters. The maximum Gasteiger partial charge on any atom is 0.122 e. The first-order chi connectivity index (χ1) is 10.2. The number of methoxy groups -OCH3 is 1. The Labute approximate surface area is 136 Å². The Morgan fingerprint density at radius 3 is 2.67 bits per heavy atom. The smallest absolute Gasteiger partial charge is 0.122 e. The molecule has 0 spiro atoms. The number of rotatable bonds is 6. The molecule has 0 aromatic heterocycles. The highest BCUT2D eigenvalue weighted by atomic mass is 79.9. The predicted octanol–water partition coefficient (Wildman–Crippen LogP) is 4.70. The van der Waals surface area contributed by atoms with Crippen LogP contribution in [0.15, 0.2) is 22.7 Å². The Balaban J connectivity index is 1.77. The van der Waals surface area contributed by atoms with Gasteiger partial charge in [0.1, 0.15) is 5.75 Å². The molecule has 116 valence electrons. The molecule has 0 heterocycles. The van der Waals surface area contributed by atoms with E-state index in [2.05, 4.69) is 39.4 Å². The predicted molar refractivity (Wildman–Crippen MR) is 90.9 cm³/mol. The SMILES string of the molecule is COc1ccc(Br)cc1CC1(CNC2CC2)CCCCC1. The van der Waals surface area contributed by atoms with Gasteiger partial charge in [0.2, 0.25) is 0 Å². The van der Waals surface area contributed by atoms with Crippen molar-refractivity contribution in [3.8, 4) is 5.75 Å². The average Bonchev–Trinajstić information content (AvgIpc) is 3.31. The molecule has 3 rings (SSSR count). The third-order valence-electron chi connectivity index (χ3n) is 5.07. The fourth-order valence-electron chi connectivity index (χ4n) is 3.66. The van der Waals surface area contributed by atoms with Gasteiger partial charge in [-0.3, -0.25) is 0 Å². The maximum absolute atomic E-state index is 5.58. The van der Waals surface area contributed by atoms with Crippen LogP contribution in [0.4, 0.5) is 0 Å². The molecule has 2 nitrogen and oxygen atoms in total. The molecular formula is C18H26BrNO. The third kappa shape index (κ3) is 4.01. The Morgan fingerprint density at radius 1 is 1.24 bits per heavy atom. The van der Waals surface area contributed by atoms with Gasteiger partial charge in [0.25, 0.3) is 0 Å². The van der Waals surface area contributed by atoms with E-state index in [0.717, 1.165) is 22.7 Å². The third-order valence-corrected chi connectivity index (χ3v) is 5.56. The van der Waals surface area contributed by atoms with Crippen molar-refractivity contribution in [2.45, 2.75) is 57.4 Å². The minimum atomic E-state index is 0.426. The van der Waals surface area contributed by atoms with Crippen LogP contribution in [0.2, 0.25) is 0 Å². The molecule has 1 N–H and O–H groups in total. The molecule has 2 aliphatic rings. The molecule has 1 aromatic rings. The second-order valence-electron chi connectivity index (χ2n) is 6.85. The van der Waals surface area contributed by atoms with E-state index < -0.39 is 0 Å². The first kappa shape index (κ1) is 15.4. The standard InChI is InChI=1S/C18H26BrNO/c1-21-17-8-5-15(19)11-14(17)12-18(9-3-2-4-10-18)13-20-16-6-7-16/h5,8,11,16,20H,2-4,6-7,9-10,12-13H2,1H3. The molecule has 2 aliphatic carbocycles. The van der Waals surface area contributed by atoms with E-state index in [9.17, 15) is 0 Å². The van der Waals surface area contributed by atoms with E-state index in [1.165, 1.54) is 57.1 Å². The van der Waals surface area contributed by atoms with Gasteiger partial charge in [0, 0.05) is 17.1 Å². The van der Waals surface area contributed by atoms with Crippen LogP contribution in [0.1, 0.15) is 50.5 Å². The van der Waals surface area contributed by atoms with Crippen LogP contribution < -0.4 is 10.1 Å². The van der Waals surface area contributed by atoms with Gasteiger partial charge in [-0.2, -0.15) is 0 Å². The molecule has 21 heavy (non-hydrogen) atoms. The topological polar surface area (TPSA) is 21.3 Å². The Morgan fingerprint density at radius 2 is 2.00 bits per heavy atom. The molecule has 0 aliphatic heterocycles. The zero-order chi connectivity index (χ0) is 14.7.